The molecule has 1 aliphatic carbocycles. The van der Waals surface area contributed by atoms with Gasteiger partial charge in [0.05, 0.1) is 0 Å². The van der Waals surface area contributed by atoms with E-state index in [1.165, 1.54) is 38.4 Å². The molecule has 0 aromatic heterocycles. The Morgan fingerprint density at radius 2 is 1.59 bits per heavy atom. The van der Waals surface area contributed by atoms with Gasteiger partial charge in [-0.25, -0.2) is 0 Å². The molecule has 1 N–H and O–H groups in total. The van der Waals surface area contributed by atoms with Crippen LogP contribution in [0.1, 0.15) is 48.9 Å². The summed E-state index contributed by atoms with van der Waals surface area (Å²) in [6.07, 6.45) is 1.15. The third-order valence-electron chi connectivity index (χ3n) is 7.69. The van der Waals surface area contributed by atoms with E-state index in [2.05, 4.69) is 81.5 Å². The molecular formula is C21H30B5ClN2. The highest BCUT2D eigenvalue weighted by Gasteiger charge is 2.39. The lowest BCUT2D eigenvalue weighted by atomic mass is 9.58. The summed E-state index contributed by atoms with van der Waals surface area (Å²) in [7, 11) is 11.5. The van der Waals surface area contributed by atoms with Gasteiger partial charge < -0.3 is 5.32 Å². The zero-order valence-electron chi connectivity index (χ0n) is 19.0. The van der Waals surface area contributed by atoms with Gasteiger partial charge in [0.25, 0.3) is 0 Å². The van der Waals surface area contributed by atoms with Crippen molar-refractivity contribution in [1.29, 1.82) is 0 Å². The first-order chi connectivity index (χ1) is 13.6. The molecule has 2 aliphatic rings. The highest BCUT2D eigenvalue weighted by Crippen LogP contribution is 2.47. The van der Waals surface area contributed by atoms with Crippen molar-refractivity contribution >= 4 is 78.1 Å². The average molecular weight is 400 g/mol. The molecule has 2 aromatic carbocycles. The summed E-state index contributed by atoms with van der Waals surface area (Å²) in [5.74, 6) is 0.447. The maximum absolute atomic E-state index is 6.48. The highest BCUT2D eigenvalue weighted by molar-refractivity contribution is 6.67. The van der Waals surface area contributed by atoms with Gasteiger partial charge in [-0.1, -0.05) is 34.2 Å². The van der Waals surface area contributed by atoms with Crippen molar-refractivity contribution in [2.75, 3.05) is 19.6 Å². The van der Waals surface area contributed by atoms with Crippen LogP contribution >= 0.6 is 11.6 Å². The minimum Gasteiger partial charge on any atom is -0.309 e. The van der Waals surface area contributed by atoms with E-state index in [1.807, 2.05) is 0 Å². The molecule has 0 amide bonds. The second-order valence-corrected chi connectivity index (χ2v) is 10.3. The Morgan fingerprint density at radius 3 is 2.21 bits per heavy atom. The van der Waals surface area contributed by atoms with Gasteiger partial charge >= 0.3 is 0 Å². The molecule has 0 bridgehead atoms. The Labute approximate surface area is 185 Å². The normalized spacial score (nSPS) is 23.8. The van der Waals surface area contributed by atoms with E-state index < -0.39 is 0 Å². The minimum absolute atomic E-state index is 0.151. The molecule has 0 saturated carbocycles. The molecule has 146 valence electrons. The predicted molar refractivity (Wildman–Crippen MR) is 142 cm³/mol. The lowest BCUT2D eigenvalue weighted by molar-refractivity contribution is 0.107. The van der Waals surface area contributed by atoms with Crippen LogP contribution in [0, 0.1) is 0 Å². The van der Waals surface area contributed by atoms with Crippen LogP contribution in [-0.2, 0) is 0 Å². The second-order valence-electron chi connectivity index (χ2n) is 9.90. The molecule has 1 aliphatic heterocycles. The van der Waals surface area contributed by atoms with Crippen LogP contribution in [0.3, 0.4) is 0 Å². The van der Waals surface area contributed by atoms with Crippen LogP contribution in [0.15, 0.2) is 18.2 Å². The first-order valence-corrected chi connectivity index (χ1v) is 11.3. The van der Waals surface area contributed by atoms with Gasteiger partial charge in [0, 0.05) is 42.2 Å². The molecule has 4 rings (SSSR count). The van der Waals surface area contributed by atoms with Gasteiger partial charge in [0.15, 0.2) is 0 Å². The fourth-order valence-corrected chi connectivity index (χ4v) is 5.93. The number of halogens is 1. The van der Waals surface area contributed by atoms with E-state index in [0.29, 0.717) is 12.0 Å². The summed E-state index contributed by atoms with van der Waals surface area (Å²) in [5.41, 5.74) is 11.9. The predicted octanol–water partition coefficient (Wildman–Crippen LogP) is -4.11. The number of nitrogens with zero attached hydrogens (tertiary/aromatic N) is 1. The fraction of sp³-hybridized carbons (Fsp3) is 0.429. The van der Waals surface area contributed by atoms with E-state index in [0.717, 1.165) is 31.1 Å². The van der Waals surface area contributed by atoms with Crippen LogP contribution in [-0.4, -0.2) is 69.3 Å². The third-order valence-corrected chi connectivity index (χ3v) is 7.93. The van der Waals surface area contributed by atoms with Gasteiger partial charge in [-0.05, 0) is 43.5 Å². The quantitative estimate of drug-likeness (QED) is 0.516. The molecular weight excluding hydrogens is 370 g/mol. The summed E-state index contributed by atoms with van der Waals surface area (Å²) < 4.78 is 0. The number of hydrogen-bond acceptors (Lipinski definition) is 2. The van der Waals surface area contributed by atoms with Crippen LogP contribution in [0.25, 0.3) is 0 Å². The lowest BCUT2D eigenvalue weighted by Crippen LogP contribution is -2.57. The number of benzene rings is 2. The van der Waals surface area contributed by atoms with Crippen LogP contribution in [0.2, 0.25) is 5.02 Å². The van der Waals surface area contributed by atoms with Gasteiger partial charge in [-0.15, -0.1) is 16.4 Å². The molecule has 1 fully saturated rings. The molecule has 29 heavy (non-hydrogen) atoms. The third kappa shape index (κ3) is 3.64. The number of rotatable bonds is 2. The Hall–Kier alpha value is -1.03. The Morgan fingerprint density at radius 1 is 0.966 bits per heavy atom. The van der Waals surface area contributed by atoms with Crippen molar-refractivity contribution < 1.29 is 0 Å². The van der Waals surface area contributed by atoms with Gasteiger partial charge in [-0.3, -0.25) is 4.90 Å². The Bertz CT molecular complexity index is 949. The second kappa shape index (κ2) is 7.59. The molecule has 0 unspecified atom stereocenters. The Balaban J connectivity index is 1.82. The van der Waals surface area contributed by atoms with Crippen molar-refractivity contribution in [3.63, 3.8) is 0 Å². The zero-order chi connectivity index (χ0) is 21.1. The summed E-state index contributed by atoms with van der Waals surface area (Å²) in [5, 5.41) is 4.52. The van der Waals surface area contributed by atoms with Crippen molar-refractivity contribution in [3.05, 3.63) is 39.9 Å². The topological polar surface area (TPSA) is 15.3 Å². The molecule has 2 nitrogen and oxygen atoms in total. The maximum atomic E-state index is 6.48. The van der Waals surface area contributed by atoms with Crippen molar-refractivity contribution in [1.82, 2.24) is 10.2 Å². The molecule has 1 saturated heterocycles. The molecule has 8 heteroatoms. The van der Waals surface area contributed by atoms with Crippen LogP contribution < -0.4 is 32.6 Å². The van der Waals surface area contributed by atoms with Crippen molar-refractivity contribution in [3.8, 4) is 0 Å². The summed E-state index contributed by atoms with van der Waals surface area (Å²) >= 11 is 6.48. The molecule has 2 atom stereocenters. The van der Waals surface area contributed by atoms with E-state index in [1.54, 1.807) is 5.56 Å². The number of piperazine rings is 1. The summed E-state index contributed by atoms with van der Waals surface area (Å²) in [4.78, 5) is 2.68. The SMILES string of the molecule is Bc1c(B)c(B)c([C@H]2C[C@H](N3CCNC(C)(C)C3)c3cc(Cl)ccc32)c(B)c1B. The van der Waals surface area contributed by atoms with Crippen molar-refractivity contribution in [2.24, 2.45) is 0 Å². The van der Waals surface area contributed by atoms with Crippen molar-refractivity contribution in [2.45, 2.75) is 37.8 Å². The number of nitrogens with one attached hydrogen (secondary N) is 1. The van der Waals surface area contributed by atoms with Crippen LogP contribution in [0.5, 0.6) is 0 Å². The average Bonchev–Trinajstić information content (AvgIpc) is 3.02. The smallest absolute Gasteiger partial charge is 0.138 e. The maximum Gasteiger partial charge on any atom is 0.138 e. The lowest BCUT2D eigenvalue weighted by Gasteiger charge is -2.42. The van der Waals surface area contributed by atoms with E-state index in [4.69, 9.17) is 11.6 Å². The first kappa shape index (κ1) is 21.2. The largest absolute Gasteiger partial charge is 0.309 e. The number of fused-ring (bicyclic) bond motifs is 1. The van der Waals surface area contributed by atoms with E-state index in [9.17, 15) is 0 Å². The van der Waals surface area contributed by atoms with Gasteiger partial charge in [-0.2, -0.15) is 0 Å². The van der Waals surface area contributed by atoms with E-state index in [-0.39, 0.29) is 5.54 Å². The molecule has 0 spiro atoms. The highest BCUT2D eigenvalue weighted by atomic mass is 35.5. The molecule has 2 aromatic rings. The summed E-state index contributed by atoms with van der Waals surface area (Å²) in [6, 6.07) is 7.04. The number of hydrogen-bond donors (Lipinski definition) is 1. The monoisotopic (exact) mass is 400 g/mol. The van der Waals surface area contributed by atoms with Gasteiger partial charge in [0.2, 0.25) is 0 Å². The fourth-order valence-electron chi connectivity index (χ4n) is 5.75. The molecule has 1 heterocycles. The standard InChI is InChI=1S/C21H30B5ClN2/c1-21(2)9-29(6-5-28-21)14-8-13(11-4-3-10(27)7-12(11)14)15-16(22)18(24)20(26)19(25)17(15)23/h3-4,7,13-14,28H,5-6,8-9,22-26H2,1-2H3/t13-,14-/m0/s1. The van der Waals surface area contributed by atoms with E-state index >= 15 is 0 Å². The van der Waals surface area contributed by atoms with Gasteiger partial charge in [0.1, 0.15) is 39.2 Å². The first-order valence-electron chi connectivity index (χ1n) is 11.0. The van der Waals surface area contributed by atoms with Crippen LogP contribution in [0.4, 0.5) is 0 Å². The molecule has 0 radical (unpaired) electrons. The zero-order valence-corrected chi connectivity index (χ0v) is 19.8. The summed E-state index contributed by atoms with van der Waals surface area (Å²) in [6.45, 7) is 7.83. The minimum atomic E-state index is 0.151. The Kier molecular flexibility index (Phi) is 5.55.